The van der Waals surface area contributed by atoms with Crippen molar-refractivity contribution in [3.05, 3.63) is 48.0 Å². The number of aliphatic carboxylic acids is 1. The first-order valence-corrected chi connectivity index (χ1v) is 4.23. The molecule has 1 aromatic carbocycles. The minimum absolute atomic E-state index is 0.00759. The Morgan fingerprint density at radius 3 is 2.50 bits per heavy atom. The van der Waals surface area contributed by atoms with Crippen molar-refractivity contribution < 1.29 is 15.0 Å². The van der Waals surface area contributed by atoms with E-state index in [2.05, 4.69) is 6.58 Å². The second-order valence-corrected chi connectivity index (χ2v) is 3.02. The highest BCUT2D eigenvalue weighted by Crippen LogP contribution is 2.19. The van der Waals surface area contributed by atoms with Crippen LogP contribution in [0.25, 0.3) is 0 Å². The van der Waals surface area contributed by atoms with E-state index in [4.69, 9.17) is 0 Å². The Hall–Kier alpha value is -1.61. The quantitative estimate of drug-likeness (QED) is 0.701. The molecular weight excluding hydrogens is 180 g/mol. The van der Waals surface area contributed by atoms with Gasteiger partial charge in [0.2, 0.25) is 0 Å². The molecule has 0 fully saturated rings. The van der Waals surface area contributed by atoms with Crippen LogP contribution in [0.3, 0.4) is 0 Å². The summed E-state index contributed by atoms with van der Waals surface area (Å²) in [6.45, 7) is 3.30. The van der Waals surface area contributed by atoms with Crippen molar-refractivity contribution in [2.75, 3.05) is 0 Å². The van der Waals surface area contributed by atoms with Crippen molar-refractivity contribution in [1.29, 1.82) is 0 Å². The summed E-state index contributed by atoms with van der Waals surface area (Å²) in [6.07, 6.45) is -0.839. The molecule has 1 aromatic rings. The van der Waals surface area contributed by atoms with Gasteiger partial charge in [-0.3, -0.25) is 0 Å². The van der Waals surface area contributed by atoms with Crippen molar-refractivity contribution in [3.63, 3.8) is 0 Å². The number of rotatable bonds is 4. The van der Waals surface area contributed by atoms with Gasteiger partial charge in [-0.15, -0.1) is 0 Å². The molecule has 0 aromatic heterocycles. The van der Waals surface area contributed by atoms with Crippen molar-refractivity contribution in [1.82, 2.24) is 0 Å². The highest BCUT2D eigenvalue weighted by Gasteiger charge is 2.08. The smallest absolute Gasteiger partial charge is 0.0830 e. The van der Waals surface area contributed by atoms with Crippen LogP contribution in [-0.4, -0.2) is 11.1 Å². The second kappa shape index (κ2) is 4.58. The van der Waals surface area contributed by atoms with Gasteiger partial charge in [0.25, 0.3) is 0 Å². The van der Waals surface area contributed by atoms with E-state index in [1.165, 1.54) is 0 Å². The van der Waals surface area contributed by atoms with Gasteiger partial charge in [-0.25, -0.2) is 0 Å². The molecule has 0 aliphatic carbocycles. The summed E-state index contributed by atoms with van der Waals surface area (Å²) >= 11 is 0. The Morgan fingerprint density at radius 2 is 2.00 bits per heavy atom. The third kappa shape index (κ3) is 2.71. The van der Waals surface area contributed by atoms with Crippen molar-refractivity contribution in [3.8, 4) is 0 Å². The topological polar surface area (TPSA) is 60.4 Å². The van der Waals surface area contributed by atoms with Gasteiger partial charge in [0.15, 0.2) is 0 Å². The SMILES string of the molecule is C=C(CC(O)c1ccccc1)C(=O)[O-]. The first kappa shape index (κ1) is 10.5. The van der Waals surface area contributed by atoms with Gasteiger partial charge in [0.05, 0.1) is 12.1 Å². The van der Waals surface area contributed by atoms with Crippen LogP contribution < -0.4 is 5.11 Å². The fourth-order valence-corrected chi connectivity index (χ4v) is 1.11. The fourth-order valence-electron chi connectivity index (χ4n) is 1.11. The van der Waals surface area contributed by atoms with Crippen LogP contribution in [-0.2, 0) is 4.79 Å². The zero-order valence-corrected chi connectivity index (χ0v) is 7.64. The lowest BCUT2D eigenvalue weighted by molar-refractivity contribution is -0.299. The zero-order chi connectivity index (χ0) is 10.6. The molecule has 0 spiro atoms. The molecule has 14 heavy (non-hydrogen) atoms. The summed E-state index contributed by atoms with van der Waals surface area (Å²) < 4.78 is 0. The number of carboxylic acids is 1. The molecule has 0 aliphatic rings. The molecule has 1 rings (SSSR count). The predicted octanol–water partition coefficient (Wildman–Crippen LogP) is 0.416. The molecule has 0 heterocycles. The average Bonchev–Trinajstić information content (AvgIpc) is 2.19. The molecule has 3 heteroatoms. The molecule has 0 aliphatic heterocycles. The van der Waals surface area contributed by atoms with Crippen molar-refractivity contribution >= 4 is 5.97 Å². The standard InChI is InChI=1S/C11H12O3/c1-8(11(13)14)7-10(12)9-5-3-2-4-6-9/h2-6,10,12H,1,7H2,(H,13,14)/p-1. The van der Waals surface area contributed by atoms with E-state index < -0.39 is 12.1 Å². The molecule has 1 unspecified atom stereocenters. The van der Waals surface area contributed by atoms with E-state index in [1.807, 2.05) is 6.07 Å². The number of carbonyl (C=O) groups is 1. The summed E-state index contributed by atoms with van der Waals surface area (Å²) in [7, 11) is 0. The number of hydrogen-bond acceptors (Lipinski definition) is 3. The normalized spacial score (nSPS) is 12.1. The molecular formula is C11H11O3-. The number of benzene rings is 1. The van der Waals surface area contributed by atoms with Gasteiger partial charge >= 0.3 is 0 Å². The van der Waals surface area contributed by atoms with Crippen LogP contribution in [0.4, 0.5) is 0 Å². The third-order valence-electron chi connectivity index (χ3n) is 1.91. The maximum atomic E-state index is 10.3. The van der Waals surface area contributed by atoms with Crippen LogP contribution in [0.1, 0.15) is 18.1 Å². The van der Waals surface area contributed by atoms with E-state index in [0.29, 0.717) is 5.56 Å². The Labute approximate surface area is 82.3 Å². The number of aliphatic hydroxyl groups is 1. The molecule has 3 nitrogen and oxygen atoms in total. The summed E-state index contributed by atoms with van der Waals surface area (Å²) in [5.74, 6) is -1.32. The molecule has 1 N–H and O–H groups in total. The van der Waals surface area contributed by atoms with Gasteiger partial charge < -0.3 is 15.0 Å². The highest BCUT2D eigenvalue weighted by molar-refractivity contribution is 5.83. The largest absolute Gasteiger partial charge is 0.545 e. The maximum absolute atomic E-state index is 10.3. The molecule has 0 radical (unpaired) electrons. The van der Waals surface area contributed by atoms with E-state index in [0.717, 1.165) is 0 Å². The number of carbonyl (C=O) groups excluding carboxylic acids is 1. The number of carboxylic acid groups (broad SMARTS) is 1. The minimum atomic E-state index is -1.32. The predicted molar refractivity (Wildman–Crippen MR) is 50.2 cm³/mol. The van der Waals surface area contributed by atoms with Crippen LogP contribution in [0, 0.1) is 0 Å². The molecule has 0 saturated heterocycles. The molecule has 0 bridgehead atoms. The van der Waals surface area contributed by atoms with E-state index in [9.17, 15) is 15.0 Å². The molecule has 74 valence electrons. The van der Waals surface area contributed by atoms with Crippen LogP contribution >= 0.6 is 0 Å². The Kier molecular flexibility index (Phi) is 3.42. The van der Waals surface area contributed by atoms with E-state index in [1.54, 1.807) is 24.3 Å². The third-order valence-corrected chi connectivity index (χ3v) is 1.91. The van der Waals surface area contributed by atoms with Gasteiger partial charge in [-0.1, -0.05) is 36.9 Å². The summed E-state index contributed by atoms with van der Waals surface area (Å²) in [5, 5.41) is 19.9. The minimum Gasteiger partial charge on any atom is -0.545 e. The molecule has 0 saturated carbocycles. The first-order chi connectivity index (χ1) is 6.61. The van der Waals surface area contributed by atoms with Gasteiger partial charge in [-0.05, 0) is 11.1 Å². The van der Waals surface area contributed by atoms with Crippen LogP contribution in [0.5, 0.6) is 0 Å². The summed E-state index contributed by atoms with van der Waals surface area (Å²) in [6, 6.07) is 8.84. The monoisotopic (exact) mass is 191 g/mol. The van der Waals surface area contributed by atoms with E-state index >= 15 is 0 Å². The van der Waals surface area contributed by atoms with Crippen molar-refractivity contribution in [2.24, 2.45) is 0 Å². The van der Waals surface area contributed by atoms with Gasteiger partial charge in [-0.2, -0.15) is 0 Å². The van der Waals surface area contributed by atoms with Gasteiger partial charge in [0.1, 0.15) is 0 Å². The van der Waals surface area contributed by atoms with Crippen LogP contribution in [0.15, 0.2) is 42.5 Å². The first-order valence-electron chi connectivity index (χ1n) is 4.23. The second-order valence-electron chi connectivity index (χ2n) is 3.02. The van der Waals surface area contributed by atoms with Crippen LogP contribution in [0.2, 0.25) is 0 Å². The lowest BCUT2D eigenvalue weighted by atomic mass is 10.0. The number of hydrogen-bond donors (Lipinski definition) is 1. The Bertz CT molecular complexity index is 330. The Morgan fingerprint density at radius 1 is 1.43 bits per heavy atom. The summed E-state index contributed by atoms with van der Waals surface area (Å²) in [5.41, 5.74) is 0.580. The maximum Gasteiger partial charge on any atom is 0.0830 e. The highest BCUT2D eigenvalue weighted by atomic mass is 16.4. The number of aliphatic hydroxyl groups excluding tert-OH is 1. The van der Waals surface area contributed by atoms with Gasteiger partial charge in [0, 0.05) is 6.42 Å². The summed E-state index contributed by atoms with van der Waals surface area (Å²) in [4.78, 5) is 10.3. The van der Waals surface area contributed by atoms with E-state index in [-0.39, 0.29) is 12.0 Å². The Balaban J connectivity index is 2.64. The molecule has 1 atom stereocenters. The lowest BCUT2D eigenvalue weighted by Gasteiger charge is -2.13. The average molecular weight is 191 g/mol. The lowest BCUT2D eigenvalue weighted by Crippen LogP contribution is -2.24. The fraction of sp³-hybridized carbons (Fsp3) is 0.182. The van der Waals surface area contributed by atoms with Crippen molar-refractivity contribution in [2.45, 2.75) is 12.5 Å². The zero-order valence-electron chi connectivity index (χ0n) is 7.64. The molecule has 0 amide bonds.